The molecule has 24 heavy (non-hydrogen) atoms. The molecule has 0 aromatic heterocycles. The normalized spacial score (nSPS) is 14.4. The Bertz CT molecular complexity index is 346. The first-order valence-corrected chi connectivity index (χ1v) is 9.74. The molecular formula is C19H38N2O3. The van der Waals surface area contributed by atoms with E-state index in [-0.39, 0.29) is 0 Å². The number of methoxy groups -OCH3 is 1. The van der Waals surface area contributed by atoms with Gasteiger partial charge in [-0.1, -0.05) is 76.5 Å². The van der Waals surface area contributed by atoms with E-state index < -0.39 is 12.0 Å². The SMILES string of the molecule is CCC(C)CCCCCCCCCCC[N+]([O-])=NC(C)C(=O)OC. The Labute approximate surface area is 148 Å². The molecule has 0 aliphatic heterocycles. The van der Waals surface area contributed by atoms with Crippen molar-refractivity contribution in [2.75, 3.05) is 13.7 Å². The molecule has 0 rings (SSSR count). The maximum Gasteiger partial charge on any atom is 0.336 e. The Kier molecular flexibility index (Phi) is 14.7. The van der Waals surface area contributed by atoms with Crippen LogP contribution in [-0.2, 0) is 9.53 Å². The minimum atomic E-state index is -0.715. The number of unbranched alkanes of at least 4 members (excludes halogenated alkanes) is 8. The van der Waals surface area contributed by atoms with Crippen LogP contribution in [0, 0.1) is 11.1 Å². The van der Waals surface area contributed by atoms with Gasteiger partial charge in [0.25, 0.3) is 0 Å². The zero-order valence-electron chi connectivity index (χ0n) is 16.3. The van der Waals surface area contributed by atoms with Gasteiger partial charge < -0.3 is 9.94 Å². The summed E-state index contributed by atoms with van der Waals surface area (Å²) in [7, 11) is 1.30. The van der Waals surface area contributed by atoms with Gasteiger partial charge in [-0.2, -0.15) is 0 Å². The van der Waals surface area contributed by atoms with Crippen LogP contribution < -0.4 is 0 Å². The topological polar surface area (TPSA) is 64.7 Å². The number of carbonyl (C=O) groups is 1. The zero-order chi connectivity index (χ0) is 18.2. The Balaban J connectivity index is 3.42. The second-order valence-electron chi connectivity index (χ2n) is 6.87. The third kappa shape index (κ3) is 13.3. The molecule has 142 valence electrons. The summed E-state index contributed by atoms with van der Waals surface area (Å²) in [6, 6.07) is -0.715. The second-order valence-corrected chi connectivity index (χ2v) is 6.87. The Morgan fingerprint density at radius 2 is 1.50 bits per heavy atom. The third-order valence-corrected chi connectivity index (χ3v) is 4.59. The minimum Gasteiger partial charge on any atom is -0.600 e. The second kappa shape index (κ2) is 15.4. The van der Waals surface area contributed by atoms with Gasteiger partial charge in [0.15, 0.2) is 6.54 Å². The predicted octanol–water partition coefficient (Wildman–Crippen LogP) is 5.46. The summed E-state index contributed by atoms with van der Waals surface area (Å²) < 4.78 is 4.54. The van der Waals surface area contributed by atoms with E-state index in [4.69, 9.17) is 0 Å². The van der Waals surface area contributed by atoms with Crippen molar-refractivity contribution in [2.24, 2.45) is 11.0 Å². The fourth-order valence-electron chi connectivity index (χ4n) is 2.65. The minimum absolute atomic E-state index is 0.358. The zero-order valence-corrected chi connectivity index (χ0v) is 16.3. The summed E-state index contributed by atoms with van der Waals surface area (Å²) in [4.78, 5) is 11.8. The van der Waals surface area contributed by atoms with Crippen LogP contribution in [0.15, 0.2) is 5.11 Å². The van der Waals surface area contributed by atoms with Crippen LogP contribution in [0.3, 0.4) is 0 Å². The quantitative estimate of drug-likeness (QED) is 0.130. The Hall–Kier alpha value is -1.13. The monoisotopic (exact) mass is 342 g/mol. The van der Waals surface area contributed by atoms with Crippen LogP contribution in [0.1, 0.15) is 91.4 Å². The molecule has 0 fully saturated rings. The number of esters is 1. The lowest BCUT2D eigenvalue weighted by Gasteiger charge is -2.07. The molecule has 0 saturated heterocycles. The highest BCUT2D eigenvalue weighted by molar-refractivity contribution is 5.74. The number of rotatable bonds is 15. The van der Waals surface area contributed by atoms with Gasteiger partial charge in [-0.15, -0.1) is 0 Å². The van der Waals surface area contributed by atoms with Gasteiger partial charge in [0, 0.05) is 6.42 Å². The highest BCUT2D eigenvalue weighted by atomic mass is 16.5. The maximum absolute atomic E-state index is 11.5. The van der Waals surface area contributed by atoms with Crippen LogP contribution >= 0.6 is 0 Å². The standard InChI is InChI=1S/C19H38N2O3/c1-5-17(2)15-13-11-9-7-6-8-10-12-14-16-21(23)20-18(3)19(22)24-4/h17-18H,5-16H2,1-4H3. The van der Waals surface area contributed by atoms with Crippen LogP contribution in [0.25, 0.3) is 0 Å². The van der Waals surface area contributed by atoms with Crippen LogP contribution in [0.4, 0.5) is 0 Å². The number of carbonyl (C=O) groups excluding carboxylic acids is 1. The molecule has 5 nitrogen and oxygen atoms in total. The molecule has 2 unspecified atom stereocenters. The van der Waals surface area contributed by atoms with Gasteiger partial charge in [0.2, 0.25) is 6.04 Å². The van der Waals surface area contributed by atoms with E-state index in [0.29, 0.717) is 11.4 Å². The number of azo groups is 1. The molecule has 0 aliphatic rings. The molecule has 0 saturated carbocycles. The molecule has 5 heteroatoms. The van der Waals surface area contributed by atoms with Crippen LogP contribution in [0.2, 0.25) is 0 Å². The molecule has 0 radical (unpaired) electrons. The van der Waals surface area contributed by atoms with Gasteiger partial charge in [0.1, 0.15) is 0 Å². The van der Waals surface area contributed by atoms with Gasteiger partial charge in [0.05, 0.1) is 7.11 Å². The van der Waals surface area contributed by atoms with Crippen molar-refractivity contribution in [3.63, 3.8) is 0 Å². The van der Waals surface area contributed by atoms with Crippen molar-refractivity contribution in [2.45, 2.75) is 97.4 Å². The van der Waals surface area contributed by atoms with Gasteiger partial charge in [-0.05, 0) is 24.4 Å². The predicted molar refractivity (Wildman–Crippen MR) is 98.0 cm³/mol. The Morgan fingerprint density at radius 1 is 1.00 bits per heavy atom. The fourth-order valence-corrected chi connectivity index (χ4v) is 2.65. The van der Waals surface area contributed by atoms with E-state index in [1.54, 1.807) is 6.92 Å². The average molecular weight is 343 g/mol. The number of ether oxygens (including phenoxy) is 1. The van der Waals surface area contributed by atoms with Crippen LogP contribution in [0.5, 0.6) is 0 Å². The third-order valence-electron chi connectivity index (χ3n) is 4.59. The smallest absolute Gasteiger partial charge is 0.336 e. The van der Waals surface area contributed by atoms with Crippen molar-refractivity contribution < 1.29 is 14.4 Å². The lowest BCUT2D eigenvalue weighted by atomic mass is 9.99. The molecule has 0 aromatic rings. The van der Waals surface area contributed by atoms with E-state index in [1.807, 2.05) is 0 Å². The molecule has 0 aliphatic carbocycles. The first-order valence-electron chi connectivity index (χ1n) is 9.74. The lowest BCUT2D eigenvalue weighted by molar-refractivity contribution is -0.532. The van der Waals surface area contributed by atoms with Crippen molar-refractivity contribution >= 4 is 5.97 Å². The van der Waals surface area contributed by atoms with Gasteiger partial charge >= 0.3 is 5.97 Å². The number of hydroxylamine groups is 1. The van der Waals surface area contributed by atoms with Crippen LogP contribution in [-0.4, -0.2) is 30.5 Å². The average Bonchev–Trinajstić information content (AvgIpc) is 2.58. The number of nitrogens with zero attached hydrogens (tertiary/aromatic N) is 2. The lowest BCUT2D eigenvalue weighted by Crippen LogP contribution is -2.19. The fraction of sp³-hybridized carbons (Fsp3) is 0.947. The molecule has 0 heterocycles. The van der Waals surface area contributed by atoms with E-state index in [0.717, 1.165) is 18.8 Å². The summed E-state index contributed by atoms with van der Waals surface area (Å²) in [6.45, 7) is 6.54. The maximum atomic E-state index is 11.5. The van der Waals surface area contributed by atoms with Gasteiger partial charge in [-0.25, -0.2) is 4.79 Å². The van der Waals surface area contributed by atoms with Crippen molar-refractivity contribution in [3.05, 3.63) is 5.21 Å². The molecule has 2 atom stereocenters. The number of hydrogen-bond acceptors (Lipinski definition) is 4. The highest BCUT2D eigenvalue weighted by Gasteiger charge is 2.15. The largest absolute Gasteiger partial charge is 0.600 e. The van der Waals surface area contributed by atoms with E-state index >= 15 is 0 Å². The highest BCUT2D eigenvalue weighted by Crippen LogP contribution is 2.15. The number of hydrogen-bond donors (Lipinski definition) is 0. The van der Waals surface area contributed by atoms with Gasteiger partial charge in [-0.3, -0.25) is 0 Å². The van der Waals surface area contributed by atoms with E-state index in [2.05, 4.69) is 23.7 Å². The van der Waals surface area contributed by atoms with E-state index in [1.165, 1.54) is 64.9 Å². The molecule has 0 amide bonds. The first kappa shape index (κ1) is 22.9. The molecule has 0 N–H and O–H groups in total. The Morgan fingerprint density at radius 3 is 2.00 bits per heavy atom. The van der Waals surface area contributed by atoms with E-state index in [9.17, 15) is 10.0 Å². The summed E-state index contributed by atoms with van der Waals surface area (Å²) in [5.74, 6) is 0.410. The first-order chi connectivity index (χ1) is 11.5. The molecular weight excluding hydrogens is 304 g/mol. The van der Waals surface area contributed by atoms with Crippen molar-refractivity contribution in [3.8, 4) is 0 Å². The summed E-state index contributed by atoms with van der Waals surface area (Å²) >= 11 is 0. The molecule has 0 aromatic carbocycles. The summed E-state index contributed by atoms with van der Waals surface area (Å²) in [5, 5.41) is 15.3. The summed E-state index contributed by atoms with van der Waals surface area (Å²) in [6.07, 6.45) is 13.7. The summed E-state index contributed by atoms with van der Waals surface area (Å²) in [5.41, 5.74) is 0. The molecule has 0 spiro atoms. The van der Waals surface area contributed by atoms with Crippen molar-refractivity contribution in [1.82, 2.24) is 0 Å². The van der Waals surface area contributed by atoms with Crippen molar-refractivity contribution in [1.29, 1.82) is 0 Å². The molecule has 0 bridgehead atoms.